The zero-order valence-corrected chi connectivity index (χ0v) is 21.1. The predicted octanol–water partition coefficient (Wildman–Crippen LogP) is 3.91. The van der Waals surface area contributed by atoms with Crippen molar-refractivity contribution < 1.29 is 14.2 Å². The second-order valence-electron chi connectivity index (χ2n) is 8.22. The summed E-state index contributed by atoms with van der Waals surface area (Å²) in [6.45, 7) is 4.89. The average Bonchev–Trinajstić information content (AvgIpc) is 2.80. The van der Waals surface area contributed by atoms with E-state index in [1.807, 2.05) is 12.3 Å². The van der Waals surface area contributed by atoms with Crippen LogP contribution in [0.25, 0.3) is 0 Å². The molecule has 0 atom stereocenters. The van der Waals surface area contributed by atoms with Gasteiger partial charge in [0.25, 0.3) is 0 Å². The average molecular weight is 546 g/mol. The largest absolute Gasteiger partial charge is 0.474 e. The highest BCUT2D eigenvalue weighted by Gasteiger charge is 2.15. The fourth-order valence-electron chi connectivity index (χ4n) is 3.89. The summed E-state index contributed by atoms with van der Waals surface area (Å²) in [4.78, 5) is 8.75. The molecule has 2 fully saturated rings. The van der Waals surface area contributed by atoms with Crippen molar-refractivity contribution in [2.45, 2.75) is 64.0 Å². The lowest BCUT2D eigenvalue weighted by Crippen LogP contribution is -2.37. The van der Waals surface area contributed by atoms with Gasteiger partial charge in [-0.05, 0) is 56.4 Å². The first-order valence-corrected chi connectivity index (χ1v) is 11.5. The number of hydrogen-bond acceptors (Lipinski definition) is 5. The molecule has 2 heterocycles. The van der Waals surface area contributed by atoms with Gasteiger partial charge in [-0.2, -0.15) is 0 Å². The quantitative estimate of drug-likeness (QED) is 0.201. The topological polar surface area (TPSA) is 77.0 Å². The van der Waals surface area contributed by atoms with Gasteiger partial charge in [-0.1, -0.05) is 12.5 Å². The molecule has 0 bridgehead atoms. The summed E-state index contributed by atoms with van der Waals surface area (Å²) in [6.07, 6.45) is 11.6. The Labute approximate surface area is 204 Å². The van der Waals surface area contributed by atoms with Gasteiger partial charge in [0.05, 0.1) is 0 Å². The molecular weight excluding hydrogens is 507 g/mol. The van der Waals surface area contributed by atoms with Crippen LogP contribution < -0.4 is 15.4 Å². The van der Waals surface area contributed by atoms with Gasteiger partial charge in [0.15, 0.2) is 5.96 Å². The van der Waals surface area contributed by atoms with E-state index in [1.54, 1.807) is 7.05 Å². The molecule has 2 N–H and O–H groups in total. The van der Waals surface area contributed by atoms with Crippen molar-refractivity contribution in [2.24, 2.45) is 10.9 Å². The Hall–Kier alpha value is -1.13. The number of pyridine rings is 1. The molecule has 0 aromatic carbocycles. The van der Waals surface area contributed by atoms with Crippen molar-refractivity contribution >= 4 is 29.9 Å². The van der Waals surface area contributed by atoms with E-state index < -0.39 is 0 Å². The first-order chi connectivity index (χ1) is 14.8. The standard InChI is InChI=1S/C23H38N4O3.HI/c1-24-23(25-12-5-13-29-18-19-10-14-28-15-11-19)27-17-20-8-9-22(26-16-20)30-21-6-3-2-4-7-21;/h8-9,16,19,21H,2-7,10-15,17-18H2,1H3,(H2,24,25,27);1H. The van der Waals surface area contributed by atoms with Gasteiger partial charge in [-0.15, -0.1) is 24.0 Å². The first-order valence-electron chi connectivity index (χ1n) is 11.5. The van der Waals surface area contributed by atoms with E-state index >= 15 is 0 Å². The third-order valence-electron chi connectivity index (χ3n) is 5.77. The van der Waals surface area contributed by atoms with Gasteiger partial charge < -0.3 is 24.8 Å². The Kier molecular flexibility index (Phi) is 13.2. The molecule has 8 heteroatoms. The van der Waals surface area contributed by atoms with Gasteiger partial charge in [-0.3, -0.25) is 4.99 Å². The zero-order chi connectivity index (χ0) is 20.9. The Morgan fingerprint density at radius 2 is 1.94 bits per heavy atom. The minimum atomic E-state index is 0. The van der Waals surface area contributed by atoms with Crippen LogP contribution in [0.15, 0.2) is 23.3 Å². The number of aromatic nitrogens is 1. The van der Waals surface area contributed by atoms with Gasteiger partial charge in [0.1, 0.15) is 6.10 Å². The summed E-state index contributed by atoms with van der Waals surface area (Å²) in [7, 11) is 1.79. The highest BCUT2D eigenvalue weighted by atomic mass is 127. The number of rotatable bonds is 10. The van der Waals surface area contributed by atoms with Crippen LogP contribution in [-0.4, -0.2) is 57.1 Å². The lowest BCUT2D eigenvalue weighted by atomic mass is 9.98. The molecule has 1 aliphatic heterocycles. The molecule has 3 rings (SSSR count). The highest BCUT2D eigenvalue weighted by Crippen LogP contribution is 2.22. The third kappa shape index (κ3) is 10.4. The van der Waals surface area contributed by atoms with E-state index in [9.17, 15) is 0 Å². The number of guanidine groups is 1. The lowest BCUT2D eigenvalue weighted by molar-refractivity contribution is 0.0203. The van der Waals surface area contributed by atoms with Gasteiger partial charge in [0.2, 0.25) is 5.88 Å². The van der Waals surface area contributed by atoms with Crippen LogP contribution in [0, 0.1) is 5.92 Å². The van der Waals surface area contributed by atoms with E-state index in [0.717, 1.165) is 82.5 Å². The number of hydrogen-bond donors (Lipinski definition) is 2. The molecule has 1 saturated carbocycles. The molecule has 1 saturated heterocycles. The molecule has 31 heavy (non-hydrogen) atoms. The maximum Gasteiger partial charge on any atom is 0.213 e. The molecule has 2 aliphatic rings. The van der Waals surface area contributed by atoms with Crippen molar-refractivity contribution in [1.29, 1.82) is 0 Å². The van der Waals surface area contributed by atoms with Crippen LogP contribution >= 0.6 is 24.0 Å². The summed E-state index contributed by atoms with van der Waals surface area (Å²) in [5, 5.41) is 6.67. The van der Waals surface area contributed by atoms with Crippen LogP contribution in [0.5, 0.6) is 5.88 Å². The molecule has 0 spiro atoms. The minimum Gasteiger partial charge on any atom is -0.474 e. The summed E-state index contributed by atoms with van der Waals surface area (Å²) in [5.41, 5.74) is 1.11. The monoisotopic (exact) mass is 546 g/mol. The smallest absolute Gasteiger partial charge is 0.213 e. The van der Waals surface area contributed by atoms with E-state index in [1.165, 1.54) is 19.3 Å². The Morgan fingerprint density at radius 3 is 2.65 bits per heavy atom. The Morgan fingerprint density at radius 1 is 1.13 bits per heavy atom. The second-order valence-corrected chi connectivity index (χ2v) is 8.22. The molecule has 1 aromatic rings. The second kappa shape index (κ2) is 15.6. The van der Waals surface area contributed by atoms with E-state index in [-0.39, 0.29) is 24.0 Å². The van der Waals surface area contributed by atoms with Crippen LogP contribution in [0.4, 0.5) is 0 Å². The van der Waals surface area contributed by atoms with E-state index in [0.29, 0.717) is 18.6 Å². The summed E-state index contributed by atoms with van der Waals surface area (Å²) < 4.78 is 17.2. The van der Waals surface area contributed by atoms with E-state index in [4.69, 9.17) is 14.2 Å². The number of ether oxygens (including phenoxy) is 3. The van der Waals surface area contributed by atoms with Crippen molar-refractivity contribution in [3.8, 4) is 5.88 Å². The van der Waals surface area contributed by atoms with Crippen LogP contribution in [0.3, 0.4) is 0 Å². The number of nitrogens with zero attached hydrogens (tertiary/aromatic N) is 2. The fourth-order valence-corrected chi connectivity index (χ4v) is 3.89. The Balaban J connectivity index is 0.00000341. The van der Waals surface area contributed by atoms with Crippen molar-refractivity contribution in [3.05, 3.63) is 23.9 Å². The molecule has 0 radical (unpaired) electrons. The third-order valence-corrected chi connectivity index (χ3v) is 5.77. The summed E-state index contributed by atoms with van der Waals surface area (Å²) in [6, 6.07) is 4.03. The van der Waals surface area contributed by atoms with E-state index in [2.05, 4.69) is 26.7 Å². The van der Waals surface area contributed by atoms with Crippen LogP contribution in [0.1, 0.15) is 56.9 Å². The molecule has 0 unspecified atom stereocenters. The molecule has 176 valence electrons. The zero-order valence-electron chi connectivity index (χ0n) is 18.8. The molecule has 7 nitrogen and oxygen atoms in total. The predicted molar refractivity (Wildman–Crippen MR) is 134 cm³/mol. The molecule has 1 aliphatic carbocycles. The number of nitrogens with one attached hydrogen (secondary N) is 2. The molecular formula is C23H39IN4O3. The number of halogens is 1. The van der Waals surface area contributed by atoms with Crippen LogP contribution in [-0.2, 0) is 16.0 Å². The summed E-state index contributed by atoms with van der Waals surface area (Å²) >= 11 is 0. The van der Waals surface area contributed by atoms with Crippen molar-refractivity contribution in [1.82, 2.24) is 15.6 Å². The SMILES string of the molecule is CN=C(NCCCOCC1CCOCC1)NCc1ccc(OC2CCCCC2)nc1.I. The maximum atomic E-state index is 6.00. The highest BCUT2D eigenvalue weighted by molar-refractivity contribution is 14.0. The molecule has 0 amide bonds. The van der Waals surface area contributed by atoms with Crippen LogP contribution in [0.2, 0.25) is 0 Å². The van der Waals surface area contributed by atoms with Gasteiger partial charge in [0, 0.05) is 58.8 Å². The van der Waals surface area contributed by atoms with Crippen molar-refractivity contribution in [3.63, 3.8) is 0 Å². The Bertz CT molecular complexity index is 618. The lowest BCUT2D eigenvalue weighted by Gasteiger charge is -2.22. The van der Waals surface area contributed by atoms with Crippen molar-refractivity contribution in [2.75, 3.05) is 40.0 Å². The molecule has 1 aromatic heterocycles. The first kappa shape index (κ1) is 26.1. The normalized spacial score (nSPS) is 18.3. The maximum absolute atomic E-state index is 6.00. The number of aliphatic imine (C=N–C) groups is 1. The van der Waals surface area contributed by atoms with Gasteiger partial charge in [-0.25, -0.2) is 4.98 Å². The minimum absolute atomic E-state index is 0. The van der Waals surface area contributed by atoms with Gasteiger partial charge >= 0.3 is 0 Å². The summed E-state index contributed by atoms with van der Waals surface area (Å²) in [5.74, 6) is 2.19. The fraction of sp³-hybridized carbons (Fsp3) is 0.739.